The number of aryl methyl sites for hydroxylation is 2. The Bertz CT molecular complexity index is 799. The summed E-state index contributed by atoms with van der Waals surface area (Å²) in [5.41, 5.74) is 3.85. The summed E-state index contributed by atoms with van der Waals surface area (Å²) in [6, 6.07) is 6.25. The Hall–Kier alpha value is -2.30. The van der Waals surface area contributed by atoms with Crippen molar-refractivity contribution in [2.45, 2.75) is 46.1 Å². The number of nitrogens with zero attached hydrogens (tertiary/aromatic N) is 1. The van der Waals surface area contributed by atoms with Gasteiger partial charge >= 0.3 is 0 Å². The zero-order chi connectivity index (χ0) is 16.0. The molecule has 1 aromatic carbocycles. The van der Waals surface area contributed by atoms with Gasteiger partial charge in [0.2, 0.25) is 5.91 Å². The second-order valence-corrected chi connectivity index (χ2v) is 6.33. The fourth-order valence-corrected chi connectivity index (χ4v) is 3.17. The minimum absolute atomic E-state index is 0.0493. The van der Waals surface area contributed by atoms with Crippen LogP contribution in [-0.4, -0.2) is 15.7 Å². The summed E-state index contributed by atoms with van der Waals surface area (Å²) in [7, 11) is 0. The van der Waals surface area contributed by atoms with E-state index in [1.807, 2.05) is 39.8 Å². The van der Waals surface area contributed by atoms with Crippen LogP contribution in [0.25, 0.3) is 0 Å². The third-order valence-electron chi connectivity index (χ3n) is 4.29. The molecule has 0 bridgehead atoms. The predicted molar refractivity (Wildman–Crippen MR) is 86.4 cm³/mol. The fraction of sp³-hybridized carbons (Fsp3) is 0.412. The molecule has 0 aliphatic carbocycles. The summed E-state index contributed by atoms with van der Waals surface area (Å²) < 4.78 is 1.74. The molecule has 22 heavy (non-hydrogen) atoms. The lowest BCUT2D eigenvalue weighted by Crippen LogP contribution is -2.27. The highest BCUT2D eigenvalue weighted by atomic mass is 16.2. The predicted octanol–water partition coefficient (Wildman–Crippen LogP) is 2.85. The molecule has 0 spiro atoms. The first-order valence-electron chi connectivity index (χ1n) is 7.60. The number of hydrogen-bond acceptors (Lipinski definition) is 2. The number of H-pyrrole nitrogens is 1. The van der Waals surface area contributed by atoms with E-state index in [0.717, 1.165) is 16.7 Å². The Morgan fingerprint density at radius 2 is 1.95 bits per heavy atom. The Labute approximate surface area is 129 Å². The lowest BCUT2D eigenvalue weighted by molar-refractivity contribution is -0.116. The third-order valence-corrected chi connectivity index (χ3v) is 4.29. The van der Waals surface area contributed by atoms with Crippen LogP contribution < -0.4 is 10.9 Å². The summed E-state index contributed by atoms with van der Waals surface area (Å²) >= 11 is 0. The number of benzene rings is 1. The molecule has 5 heteroatoms. The van der Waals surface area contributed by atoms with Crippen LogP contribution in [0.5, 0.6) is 0 Å². The number of aromatic amines is 1. The van der Waals surface area contributed by atoms with E-state index < -0.39 is 0 Å². The van der Waals surface area contributed by atoms with Crippen LogP contribution >= 0.6 is 0 Å². The Morgan fingerprint density at radius 3 is 2.64 bits per heavy atom. The maximum absolute atomic E-state index is 12.4. The lowest BCUT2D eigenvalue weighted by Gasteiger charge is -2.25. The van der Waals surface area contributed by atoms with Crippen LogP contribution in [0.15, 0.2) is 23.0 Å². The van der Waals surface area contributed by atoms with E-state index in [1.165, 1.54) is 0 Å². The highest BCUT2D eigenvalue weighted by Crippen LogP contribution is 2.37. The van der Waals surface area contributed by atoms with Crippen molar-refractivity contribution < 1.29 is 4.79 Å². The SMILES string of the molecule is Cc1ccc(C)c(C2CC(=O)Nc3c2c(=O)[nH]n3C(C)C)c1. The van der Waals surface area contributed by atoms with Crippen molar-refractivity contribution in [1.82, 2.24) is 9.78 Å². The Balaban J connectivity index is 2.22. The monoisotopic (exact) mass is 299 g/mol. The molecule has 0 saturated carbocycles. The average molecular weight is 299 g/mol. The first-order valence-corrected chi connectivity index (χ1v) is 7.60. The topological polar surface area (TPSA) is 66.9 Å². The molecule has 116 valence electrons. The molecule has 1 aliphatic rings. The minimum atomic E-state index is -0.188. The van der Waals surface area contributed by atoms with Gasteiger partial charge in [-0.1, -0.05) is 23.8 Å². The summed E-state index contributed by atoms with van der Waals surface area (Å²) in [4.78, 5) is 24.6. The molecule has 2 N–H and O–H groups in total. The Morgan fingerprint density at radius 1 is 1.23 bits per heavy atom. The molecule has 0 saturated heterocycles. The molecular formula is C17H21N3O2. The first kappa shape index (κ1) is 14.6. The van der Waals surface area contributed by atoms with E-state index in [9.17, 15) is 9.59 Å². The van der Waals surface area contributed by atoms with Crippen molar-refractivity contribution >= 4 is 11.7 Å². The highest BCUT2D eigenvalue weighted by Gasteiger charge is 2.33. The van der Waals surface area contributed by atoms with Crippen molar-refractivity contribution in [2.75, 3.05) is 5.32 Å². The van der Waals surface area contributed by atoms with Crippen LogP contribution in [0.4, 0.5) is 5.82 Å². The van der Waals surface area contributed by atoms with E-state index in [4.69, 9.17) is 0 Å². The maximum atomic E-state index is 12.4. The maximum Gasteiger partial charge on any atom is 0.270 e. The normalized spacial score (nSPS) is 17.5. The summed E-state index contributed by atoms with van der Waals surface area (Å²) in [6.07, 6.45) is 0.308. The van der Waals surface area contributed by atoms with E-state index in [0.29, 0.717) is 17.8 Å². The third kappa shape index (κ3) is 2.26. The van der Waals surface area contributed by atoms with Crippen LogP contribution in [0.2, 0.25) is 0 Å². The zero-order valence-corrected chi connectivity index (χ0v) is 13.4. The van der Waals surface area contributed by atoms with Gasteiger partial charge in [0.1, 0.15) is 5.82 Å². The molecule has 2 heterocycles. The van der Waals surface area contributed by atoms with E-state index in [1.54, 1.807) is 4.68 Å². The second-order valence-electron chi connectivity index (χ2n) is 6.33. The molecule has 0 radical (unpaired) electrons. The van der Waals surface area contributed by atoms with Crippen molar-refractivity contribution in [3.8, 4) is 0 Å². The number of aromatic nitrogens is 2. The second kappa shape index (κ2) is 5.16. The van der Waals surface area contributed by atoms with Crippen LogP contribution in [0.1, 0.15) is 54.5 Å². The standard InChI is InChI=1S/C17H21N3O2/c1-9(2)20-16-15(17(22)19-20)13(8-14(21)18-16)12-7-10(3)5-6-11(12)4/h5-7,9,13H,8H2,1-4H3,(H,18,21)(H,19,22). The summed E-state index contributed by atoms with van der Waals surface area (Å²) in [6.45, 7) is 8.00. The molecule has 3 rings (SSSR count). The molecule has 1 unspecified atom stereocenters. The van der Waals surface area contributed by atoms with Gasteiger partial charge in [0.15, 0.2) is 0 Å². The molecular weight excluding hydrogens is 278 g/mol. The number of nitrogens with one attached hydrogen (secondary N) is 2. The van der Waals surface area contributed by atoms with Gasteiger partial charge in [0.05, 0.1) is 5.56 Å². The highest BCUT2D eigenvalue weighted by molar-refractivity contribution is 5.94. The van der Waals surface area contributed by atoms with Gasteiger partial charge in [0.25, 0.3) is 5.56 Å². The van der Waals surface area contributed by atoms with Gasteiger partial charge in [-0.3, -0.25) is 19.4 Å². The van der Waals surface area contributed by atoms with Gasteiger partial charge in [0, 0.05) is 18.4 Å². The largest absolute Gasteiger partial charge is 0.311 e. The number of carbonyl (C=O) groups excluding carboxylic acids is 1. The first-order chi connectivity index (χ1) is 10.4. The molecule has 1 atom stereocenters. The van der Waals surface area contributed by atoms with E-state index in [2.05, 4.69) is 16.5 Å². The smallest absolute Gasteiger partial charge is 0.270 e. The number of amides is 1. The molecule has 0 fully saturated rings. The van der Waals surface area contributed by atoms with E-state index >= 15 is 0 Å². The van der Waals surface area contributed by atoms with E-state index in [-0.39, 0.29) is 23.4 Å². The fourth-order valence-electron chi connectivity index (χ4n) is 3.17. The van der Waals surface area contributed by atoms with Gasteiger partial charge in [-0.05, 0) is 38.8 Å². The molecule has 1 amide bonds. The van der Waals surface area contributed by atoms with Gasteiger partial charge in [-0.15, -0.1) is 0 Å². The number of fused-ring (bicyclic) bond motifs is 1. The number of rotatable bonds is 2. The summed E-state index contributed by atoms with van der Waals surface area (Å²) in [5, 5.41) is 5.71. The number of anilines is 1. The van der Waals surface area contributed by atoms with Crippen LogP contribution in [-0.2, 0) is 4.79 Å². The van der Waals surface area contributed by atoms with Gasteiger partial charge in [-0.2, -0.15) is 0 Å². The molecule has 1 aromatic heterocycles. The minimum Gasteiger partial charge on any atom is -0.311 e. The average Bonchev–Trinajstić information content (AvgIpc) is 2.78. The number of carbonyl (C=O) groups is 1. The zero-order valence-electron chi connectivity index (χ0n) is 13.4. The molecule has 2 aromatic rings. The quantitative estimate of drug-likeness (QED) is 0.895. The van der Waals surface area contributed by atoms with Crippen molar-refractivity contribution in [3.05, 3.63) is 50.8 Å². The molecule has 1 aliphatic heterocycles. The van der Waals surface area contributed by atoms with Crippen molar-refractivity contribution in [1.29, 1.82) is 0 Å². The Kier molecular flexibility index (Phi) is 3.43. The van der Waals surface area contributed by atoms with Crippen molar-refractivity contribution in [2.24, 2.45) is 0 Å². The van der Waals surface area contributed by atoms with Crippen LogP contribution in [0.3, 0.4) is 0 Å². The van der Waals surface area contributed by atoms with Gasteiger partial charge < -0.3 is 5.32 Å². The molecule has 5 nitrogen and oxygen atoms in total. The van der Waals surface area contributed by atoms with Gasteiger partial charge in [-0.25, -0.2) is 0 Å². The summed E-state index contributed by atoms with van der Waals surface area (Å²) in [5.74, 6) is 0.376. The lowest BCUT2D eigenvalue weighted by atomic mass is 9.84. The van der Waals surface area contributed by atoms with Crippen LogP contribution in [0, 0.1) is 13.8 Å². The van der Waals surface area contributed by atoms with Crippen molar-refractivity contribution in [3.63, 3.8) is 0 Å². The number of hydrogen-bond donors (Lipinski definition) is 2.